The number of nitrogens with zero attached hydrogens (tertiary/aromatic N) is 4. The molecule has 1 aliphatic carbocycles. The molecule has 178 valence electrons. The number of ether oxygens (including phenoxy) is 1. The zero-order valence-corrected chi connectivity index (χ0v) is 21.4. The minimum atomic E-state index is 0.436. The second-order valence-electron chi connectivity index (χ2n) is 9.64. The van der Waals surface area contributed by atoms with Crippen LogP contribution in [-0.2, 0) is 12.8 Å². The van der Waals surface area contributed by atoms with Gasteiger partial charge in [-0.25, -0.2) is 4.98 Å². The van der Waals surface area contributed by atoms with Gasteiger partial charge in [0.1, 0.15) is 11.4 Å². The van der Waals surface area contributed by atoms with Crippen LogP contribution in [-0.4, -0.2) is 59.6 Å². The standard InChI is InChI=1S/C28H34N4OS/c1-19(2)28-30-26-24(34-28)14-10-21-6-5-15-29-25(21)27(26)32-17-16-31(3)22(18-32)11-7-20-8-12-23(33-4)13-9-20/h5-6,8-10,12-13,15,19,22H,7,11,14,16-18H2,1-4H3. The Morgan fingerprint density at radius 2 is 1.97 bits per heavy atom. The van der Waals surface area contributed by atoms with Crippen LogP contribution in [0, 0.1) is 0 Å². The molecule has 0 amide bonds. The number of hydrogen-bond donors (Lipinski definition) is 0. The van der Waals surface area contributed by atoms with Crippen LogP contribution < -0.4 is 15.3 Å². The fourth-order valence-corrected chi connectivity index (χ4v) is 5.95. The average Bonchev–Trinajstić information content (AvgIpc) is 3.21. The predicted molar refractivity (Wildman–Crippen MR) is 140 cm³/mol. The first-order valence-corrected chi connectivity index (χ1v) is 13.1. The first-order chi connectivity index (χ1) is 16.5. The summed E-state index contributed by atoms with van der Waals surface area (Å²) in [5.41, 5.74) is 3.74. The van der Waals surface area contributed by atoms with Gasteiger partial charge in [0.25, 0.3) is 0 Å². The van der Waals surface area contributed by atoms with Crippen molar-refractivity contribution in [1.82, 2.24) is 19.8 Å². The molecule has 1 aliphatic heterocycles. The number of likely N-dealkylation sites (N-methyl/N-ethyl adjacent to an activating group) is 1. The second-order valence-corrected chi connectivity index (χ2v) is 10.8. The van der Waals surface area contributed by atoms with E-state index in [2.05, 4.69) is 67.1 Å². The van der Waals surface area contributed by atoms with Gasteiger partial charge >= 0.3 is 0 Å². The number of methoxy groups -OCH3 is 1. The lowest BCUT2D eigenvalue weighted by molar-refractivity contribution is 0.127. The summed E-state index contributed by atoms with van der Waals surface area (Å²) >= 11 is 1.87. The molecule has 0 N–H and O–H groups in total. The Bertz CT molecular complexity index is 1260. The number of fused-ring (bicyclic) bond motifs is 2. The highest BCUT2D eigenvalue weighted by Gasteiger charge is 2.30. The molecule has 1 saturated heterocycles. The molecule has 1 aromatic carbocycles. The average molecular weight is 475 g/mol. The quantitative estimate of drug-likeness (QED) is 0.548. The Morgan fingerprint density at radius 1 is 1.15 bits per heavy atom. The largest absolute Gasteiger partial charge is 0.497 e. The summed E-state index contributed by atoms with van der Waals surface area (Å²) in [4.78, 5) is 16.5. The van der Waals surface area contributed by atoms with Crippen LogP contribution in [0.4, 0.5) is 0 Å². The molecule has 0 bridgehead atoms. The summed E-state index contributed by atoms with van der Waals surface area (Å²) in [5.74, 6) is 1.35. The molecule has 2 aromatic heterocycles. The Balaban J connectivity index is 1.46. The molecule has 34 heavy (non-hydrogen) atoms. The van der Waals surface area contributed by atoms with E-state index in [1.54, 1.807) is 7.11 Å². The topological polar surface area (TPSA) is 41.5 Å². The third-order valence-electron chi connectivity index (χ3n) is 7.02. The number of piperazine rings is 1. The molecule has 5 nitrogen and oxygen atoms in total. The van der Waals surface area contributed by atoms with E-state index < -0.39 is 0 Å². The van der Waals surface area contributed by atoms with E-state index in [0.29, 0.717) is 12.0 Å². The number of aromatic nitrogens is 2. The number of hydrogen-bond acceptors (Lipinski definition) is 6. The molecule has 3 aromatic rings. The number of pyridine rings is 1. The first kappa shape index (κ1) is 23.1. The fraction of sp³-hybridized carbons (Fsp3) is 0.429. The van der Waals surface area contributed by atoms with Crippen molar-refractivity contribution in [2.75, 3.05) is 33.8 Å². The molecule has 0 spiro atoms. The van der Waals surface area contributed by atoms with Gasteiger partial charge in [0.15, 0.2) is 0 Å². The van der Waals surface area contributed by atoms with Crippen LogP contribution in [0.25, 0.3) is 11.8 Å². The molecule has 5 rings (SSSR count). The predicted octanol–water partition coefficient (Wildman–Crippen LogP) is 3.41. The molecule has 1 atom stereocenters. The van der Waals surface area contributed by atoms with E-state index in [0.717, 1.165) is 55.7 Å². The number of benzene rings is 1. The van der Waals surface area contributed by atoms with Crippen molar-refractivity contribution in [1.29, 1.82) is 0 Å². The van der Waals surface area contributed by atoms with Gasteiger partial charge in [0.2, 0.25) is 0 Å². The molecule has 3 heterocycles. The van der Waals surface area contributed by atoms with Crippen molar-refractivity contribution in [2.24, 2.45) is 0 Å². The monoisotopic (exact) mass is 474 g/mol. The Morgan fingerprint density at radius 3 is 2.74 bits per heavy atom. The summed E-state index contributed by atoms with van der Waals surface area (Å²) in [6.45, 7) is 7.50. The van der Waals surface area contributed by atoms with Crippen LogP contribution in [0.1, 0.15) is 47.3 Å². The number of rotatable bonds is 6. The maximum Gasteiger partial charge on any atom is 0.118 e. The van der Waals surface area contributed by atoms with Crippen LogP contribution in [0.15, 0.2) is 42.6 Å². The third kappa shape index (κ3) is 4.62. The molecule has 1 unspecified atom stereocenters. The van der Waals surface area contributed by atoms with Crippen molar-refractivity contribution < 1.29 is 4.74 Å². The third-order valence-corrected chi connectivity index (χ3v) is 8.40. The van der Waals surface area contributed by atoms with Gasteiger partial charge in [0, 0.05) is 49.1 Å². The van der Waals surface area contributed by atoms with Gasteiger partial charge < -0.3 is 9.64 Å². The molecule has 1 fully saturated rings. The minimum absolute atomic E-state index is 0.436. The summed E-state index contributed by atoms with van der Waals surface area (Å²) in [7, 11) is 3.98. The Labute approximate surface area is 206 Å². The number of aryl methyl sites for hydroxylation is 1. The van der Waals surface area contributed by atoms with Crippen molar-refractivity contribution in [2.45, 2.75) is 45.1 Å². The van der Waals surface area contributed by atoms with Crippen LogP contribution in [0.3, 0.4) is 0 Å². The van der Waals surface area contributed by atoms with Gasteiger partial charge in [-0.3, -0.25) is 9.88 Å². The molecular weight excluding hydrogens is 440 g/mol. The van der Waals surface area contributed by atoms with E-state index in [1.807, 2.05) is 23.6 Å². The maximum atomic E-state index is 5.31. The van der Waals surface area contributed by atoms with Gasteiger partial charge in [-0.15, -0.1) is 11.3 Å². The lowest BCUT2D eigenvalue weighted by Gasteiger charge is -2.41. The minimum Gasteiger partial charge on any atom is -0.497 e. The zero-order chi connectivity index (χ0) is 23.7. The fourth-order valence-electron chi connectivity index (χ4n) is 4.92. The van der Waals surface area contributed by atoms with Crippen LogP contribution >= 0.6 is 11.3 Å². The van der Waals surface area contributed by atoms with Crippen molar-refractivity contribution >= 4 is 23.1 Å². The highest BCUT2D eigenvalue weighted by molar-refractivity contribution is 7.12. The van der Waals surface area contributed by atoms with Crippen LogP contribution in [0.2, 0.25) is 0 Å². The van der Waals surface area contributed by atoms with Crippen molar-refractivity contribution in [3.63, 3.8) is 0 Å². The van der Waals surface area contributed by atoms with Gasteiger partial charge in [0.05, 0.1) is 23.2 Å². The first-order valence-electron chi connectivity index (χ1n) is 12.3. The lowest BCUT2D eigenvalue weighted by atomic mass is 10.0. The highest BCUT2D eigenvalue weighted by atomic mass is 32.1. The van der Waals surface area contributed by atoms with E-state index >= 15 is 0 Å². The SMILES string of the molecule is COc1ccc(CCC2CN(C3=c4ncccc4=CCc4sc(C(C)C)nc43)CCN2C)cc1. The Hall–Kier alpha value is -2.70. The van der Waals surface area contributed by atoms with Crippen LogP contribution in [0.5, 0.6) is 5.75 Å². The second kappa shape index (κ2) is 9.88. The van der Waals surface area contributed by atoms with E-state index in [9.17, 15) is 0 Å². The smallest absolute Gasteiger partial charge is 0.118 e. The molecule has 0 radical (unpaired) electrons. The lowest BCUT2D eigenvalue weighted by Crippen LogP contribution is -2.52. The van der Waals surface area contributed by atoms with Crippen molar-refractivity contribution in [3.8, 4) is 5.75 Å². The van der Waals surface area contributed by atoms with Crippen molar-refractivity contribution in [3.05, 3.63) is 74.3 Å². The van der Waals surface area contributed by atoms with Gasteiger partial charge in [-0.2, -0.15) is 0 Å². The van der Waals surface area contributed by atoms with E-state index in [-0.39, 0.29) is 0 Å². The summed E-state index contributed by atoms with van der Waals surface area (Å²) in [6.07, 6.45) is 7.36. The summed E-state index contributed by atoms with van der Waals surface area (Å²) in [5, 5.41) is 3.53. The highest BCUT2D eigenvalue weighted by Crippen LogP contribution is 2.32. The molecule has 0 saturated carbocycles. The Kier molecular flexibility index (Phi) is 6.70. The normalized spacial score (nSPS) is 18.3. The maximum absolute atomic E-state index is 5.31. The molecule has 6 heteroatoms. The van der Waals surface area contributed by atoms with E-state index in [1.165, 1.54) is 26.4 Å². The van der Waals surface area contributed by atoms with Gasteiger partial charge in [-0.05, 0) is 48.9 Å². The molecular formula is C28H34N4OS. The van der Waals surface area contributed by atoms with E-state index in [4.69, 9.17) is 14.7 Å². The van der Waals surface area contributed by atoms with Gasteiger partial charge in [-0.1, -0.05) is 38.1 Å². The summed E-state index contributed by atoms with van der Waals surface area (Å²) in [6, 6.07) is 13.2. The number of thiazole rings is 1. The zero-order valence-electron chi connectivity index (χ0n) is 20.6. The summed E-state index contributed by atoms with van der Waals surface area (Å²) < 4.78 is 5.31. The molecule has 2 aliphatic rings.